The van der Waals surface area contributed by atoms with E-state index >= 15 is 0 Å². The van der Waals surface area contributed by atoms with Crippen LogP contribution in [-0.2, 0) is 14.4 Å². The van der Waals surface area contributed by atoms with E-state index in [2.05, 4.69) is 0 Å². The van der Waals surface area contributed by atoms with Crippen molar-refractivity contribution in [2.75, 3.05) is 13.1 Å². The van der Waals surface area contributed by atoms with Crippen molar-refractivity contribution in [2.24, 2.45) is 11.7 Å². The van der Waals surface area contributed by atoms with Crippen molar-refractivity contribution >= 4 is 18.2 Å². The Kier molecular flexibility index (Phi) is 6.44. The van der Waals surface area contributed by atoms with E-state index in [1.54, 1.807) is 0 Å². The fraction of sp³-hybridized carbons (Fsp3) is 0.769. The minimum atomic E-state index is -0.560. The summed E-state index contributed by atoms with van der Waals surface area (Å²) >= 11 is 0. The molecule has 0 spiro atoms. The van der Waals surface area contributed by atoms with Crippen molar-refractivity contribution in [1.29, 1.82) is 0 Å². The zero-order chi connectivity index (χ0) is 15.1. The molecule has 2 atom stereocenters. The molecule has 0 aliphatic carbocycles. The molecule has 1 aliphatic heterocycles. The highest BCUT2D eigenvalue weighted by atomic mass is 16.5. The SMILES string of the molecule is CCCCC(CN(O)C=O)C(=O)N1CCCC1C(N)=O. The molecule has 7 heteroatoms. The zero-order valence-corrected chi connectivity index (χ0v) is 11.8. The van der Waals surface area contributed by atoms with E-state index in [4.69, 9.17) is 5.73 Å². The molecule has 1 fully saturated rings. The van der Waals surface area contributed by atoms with E-state index < -0.39 is 17.9 Å². The second kappa shape index (κ2) is 7.84. The first kappa shape index (κ1) is 16.4. The molecule has 114 valence electrons. The summed E-state index contributed by atoms with van der Waals surface area (Å²) in [6, 6.07) is -0.560. The second-order valence-corrected chi connectivity index (χ2v) is 5.16. The fourth-order valence-electron chi connectivity index (χ4n) is 2.57. The van der Waals surface area contributed by atoms with Gasteiger partial charge in [0.05, 0.1) is 12.5 Å². The molecule has 0 saturated carbocycles. The van der Waals surface area contributed by atoms with E-state index in [9.17, 15) is 19.6 Å². The molecule has 1 heterocycles. The van der Waals surface area contributed by atoms with Crippen molar-refractivity contribution in [3.05, 3.63) is 0 Å². The number of amides is 3. The van der Waals surface area contributed by atoms with E-state index in [1.165, 1.54) is 4.90 Å². The minimum Gasteiger partial charge on any atom is -0.368 e. The smallest absolute Gasteiger partial charge is 0.240 e. The highest BCUT2D eigenvalue weighted by molar-refractivity contribution is 5.88. The quantitative estimate of drug-likeness (QED) is 0.375. The lowest BCUT2D eigenvalue weighted by Gasteiger charge is -2.28. The van der Waals surface area contributed by atoms with Gasteiger partial charge in [-0.05, 0) is 19.3 Å². The molecule has 2 unspecified atom stereocenters. The number of unbranched alkanes of at least 4 members (excludes halogenated alkanes) is 1. The maximum atomic E-state index is 12.5. The Balaban J connectivity index is 2.75. The first-order chi connectivity index (χ1) is 9.51. The molecule has 3 amide bonds. The van der Waals surface area contributed by atoms with Gasteiger partial charge < -0.3 is 10.6 Å². The molecule has 1 rings (SSSR count). The van der Waals surface area contributed by atoms with Crippen LogP contribution in [0.3, 0.4) is 0 Å². The van der Waals surface area contributed by atoms with Gasteiger partial charge >= 0.3 is 0 Å². The van der Waals surface area contributed by atoms with Crippen LogP contribution in [0.4, 0.5) is 0 Å². The minimum absolute atomic E-state index is 0.0513. The van der Waals surface area contributed by atoms with Gasteiger partial charge in [-0.3, -0.25) is 19.6 Å². The number of rotatable bonds is 8. The molecule has 1 aliphatic rings. The number of primary amides is 1. The molecular weight excluding hydrogens is 262 g/mol. The Hall–Kier alpha value is -1.63. The topological polar surface area (TPSA) is 104 Å². The van der Waals surface area contributed by atoms with Crippen molar-refractivity contribution < 1.29 is 19.6 Å². The monoisotopic (exact) mass is 285 g/mol. The van der Waals surface area contributed by atoms with Crippen LogP contribution in [-0.4, -0.2) is 52.5 Å². The van der Waals surface area contributed by atoms with Crippen molar-refractivity contribution in [3.8, 4) is 0 Å². The Labute approximate surface area is 118 Å². The molecule has 0 aromatic carbocycles. The molecule has 3 N–H and O–H groups in total. The molecular formula is C13H23N3O4. The second-order valence-electron chi connectivity index (χ2n) is 5.16. The number of nitrogens with zero attached hydrogens (tertiary/aromatic N) is 2. The molecule has 1 saturated heterocycles. The lowest BCUT2D eigenvalue weighted by molar-refractivity contribution is -0.157. The largest absolute Gasteiger partial charge is 0.368 e. The van der Waals surface area contributed by atoms with Crippen LogP contribution in [0.1, 0.15) is 39.0 Å². The number of hydrogen-bond acceptors (Lipinski definition) is 4. The van der Waals surface area contributed by atoms with E-state index in [1.807, 2.05) is 6.92 Å². The Morgan fingerprint density at radius 1 is 1.55 bits per heavy atom. The summed E-state index contributed by atoms with van der Waals surface area (Å²) in [4.78, 5) is 35.8. The molecule has 0 bridgehead atoms. The van der Waals surface area contributed by atoms with Crippen LogP contribution in [0.2, 0.25) is 0 Å². The van der Waals surface area contributed by atoms with Crippen LogP contribution >= 0.6 is 0 Å². The van der Waals surface area contributed by atoms with Gasteiger partial charge in [-0.25, -0.2) is 5.06 Å². The summed E-state index contributed by atoms with van der Waals surface area (Å²) in [7, 11) is 0. The van der Waals surface area contributed by atoms with Gasteiger partial charge in [-0.2, -0.15) is 0 Å². The first-order valence-corrected chi connectivity index (χ1v) is 7.01. The Morgan fingerprint density at radius 3 is 2.80 bits per heavy atom. The van der Waals surface area contributed by atoms with Gasteiger partial charge in [0.15, 0.2) is 0 Å². The fourth-order valence-corrected chi connectivity index (χ4v) is 2.57. The van der Waals surface area contributed by atoms with Crippen LogP contribution in [0.5, 0.6) is 0 Å². The Bertz CT molecular complexity index is 362. The van der Waals surface area contributed by atoms with E-state index in [0.29, 0.717) is 24.4 Å². The summed E-state index contributed by atoms with van der Waals surface area (Å²) in [6.45, 7) is 2.45. The highest BCUT2D eigenvalue weighted by Crippen LogP contribution is 2.22. The average Bonchev–Trinajstić information content (AvgIpc) is 2.91. The van der Waals surface area contributed by atoms with Gasteiger partial charge in [-0.1, -0.05) is 19.8 Å². The summed E-state index contributed by atoms with van der Waals surface area (Å²) in [5, 5.41) is 9.78. The normalized spacial score (nSPS) is 19.7. The first-order valence-electron chi connectivity index (χ1n) is 7.01. The third-order valence-electron chi connectivity index (χ3n) is 3.65. The van der Waals surface area contributed by atoms with Gasteiger partial charge in [0.2, 0.25) is 18.2 Å². The average molecular weight is 285 g/mol. The standard InChI is InChI=1S/C13H23N3O4/c1-2-3-5-10(8-15(20)9-17)13(19)16-7-4-6-11(16)12(14)18/h9-11,20H,2-8H2,1H3,(H2,14,18). The zero-order valence-electron chi connectivity index (χ0n) is 11.8. The molecule has 0 aromatic heterocycles. The van der Waals surface area contributed by atoms with Crippen LogP contribution in [0.15, 0.2) is 0 Å². The van der Waals surface area contributed by atoms with Crippen LogP contribution in [0, 0.1) is 5.92 Å². The number of nitrogens with two attached hydrogens (primary N) is 1. The van der Waals surface area contributed by atoms with Crippen LogP contribution < -0.4 is 5.73 Å². The molecule has 20 heavy (non-hydrogen) atoms. The van der Waals surface area contributed by atoms with Crippen molar-refractivity contribution in [1.82, 2.24) is 9.96 Å². The van der Waals surface area contributed by atoms with Crippen molar-refractivity contribution in [3.63, 3.8) is 0 Å². The molecule has 7 nitrogen and oxygen atoms in total. The van der Waals surface area contributed by atoms with Crippen molar-refractivity contribution in [2.45, 2.75) is 45.1 Å². The maximum Gasteiger partial charge on any atom is 0.240 e. The third kappa shape index (κ3) is 4.19. The van der Waals surface area contributed by atoms with Gasteiger partial charge in [0, 0.05) is 6.54 Å². The number of carbonyl (C=O) groups is 3. The lowest BCUT2D eigenvalue weighted by atomic mass is 9.99. The van der Waals surface area contributed by atoms with Gasteiger partial charge in [0.1, 0.15) is 6.04 Å². The number of hydroxylamine groups is 2. The van der Waals surface area contributed by atoms with E-state index in [0.717, 1.165) is 19.3 Å². The summed E-state index contributed by atoms with van der Waals surface area (Å²) in [5.74, 6) is -1.20. The van der Waals surface area contributed by atoms with Crippen LogP contribution in [0.25, 0.3) is 0 Å². The highest BCUT2D eigenvalue weighted by Gasteiger charge is 2.36. The summed E-state index contributed by atoms with van der Waals surface area (Å²) in [6.07, 6.45) is 3.91. The third-order valence-corrected chi connectivity index (χ3v) is 3.65. The maximum absolute atomic E-state index is 12.5. The molecule has 0 radical (unpaired) electrons. The lowest BCUT2D eigenvalue weighted by Crippen LogP contribution is -2.47. The summed E-state index contributed by atoms with van der Waals surface area (Å²) in [5.41, 5.74) is 5.30. The molecule has 0 aromatic rings. The number of carbonyl (C=O) groups excluding carboxylic acids is 3. The predicted octanol–water partition coefficient (Wildman–Crippen LogP) is 0.117. The Morgan fingerprint density at radius 2 is 2.25 bits per heavy atom. The number of hydrogen-bond donors (Lipinski definition) is 2. The summed E-state index contributed by atoms with van der Waals surface area (Å²) < 4.78 is 0. The van der Waals surface area contributed by atoms with E-state index in [-0.39, 0.29) is 18.9 Å². The van der Waals surface area contributed by atoms with Gasteiger partial charge in [-0.15, -0.1) is 0 Å². The number of likely N-dealkylation sites (tertiary alicyclic amines) is 1. The van der Waals surface area contributed by atoms with Gasteiger partial charge in [0.25, 0.3) is 0 Å². The predicted molar refractivity (Wildman–Crippen MR) is 71.5 cm³/mol.